The molecule has 0 spiro atoms. The molecular weight excluding hydrogens is 627 g/mol. The molecule has 0 aromatic rings. The summed E-state index contributed by atoms with van der Waals surface area (Å²) in [7, 11) is -4.38. The predicted molar refractivity (Wildman–Crippen MR) is 200 cm³/mol. The van der Waals surface area contributed by atoms with Gasteiger partial charge in [0.1, 0.15) is 0 Å². The van der Waals surface area contributed by atoms with Gasteiger partial charge in [-0.15, -0.1) is 0 Å². The fourth-order valence-electron chi connectivity index (χ4n) is 5.88. The van der Waals surface area contributed by atoms with Gasteiger partial charge in [0, 0.05) is 6.54 Å². The molecule has 0 rings (SSSR count). The third-order valence-electron chi connectivity index (χ3n) is 8.92. The lowest BCUT2D eigenvalue weighted by Crippen LogP contribution is -2.46. The van der Waals surface area contributed by atoms with Crippen LogP contribution in [-0.4, -0.2) is 59.0 Å². The van der Waals surface area contributed by atoms with Crippen LogP contribution in [0.25, 0.3) is 0 Å². The first kappa shape index (κ1) is 47.2. The molecule has 4 unspecified atom stereocenters. The van der Waals surface area contributed by atoms with Crippen LogP contribution in [0.1, 0.15) is 187 Å². The van der Waals surface area contributed by atoms with E-state index in [0.29, 0.717) is 6.42 Å². The number of aliphatic hydroxyl groups is 2. The Kier molecular flexibility index (Phi) is 34.1. The van der Waals surface area contributed by atoms with Crippen molar-refractivity contribution in [2.24, 2.45) is 5.73 Å². The van der Waals surface area contributed by atoms with E-state index < -0.39 is 38.6 Å². The van der Waals surface area contributed by atoms with Crippen molar-refractivity contribution in [1.29, 1.82) is 0 Å². The lowest BCUT2D eigenvalue weighted by Gasteiger charge is -2.24. The van der Waals surface area contributed by atoms with Crippen molar-refractivity contribution in [3.8, 4) is 0 Å². The van der Waals surface area contributed by atoms with Crippen LogP contribution in [0, 0.1) is 0 Å². The Balaban J connectivity index is 4.19. The lowest BCUT2D eigenvalue weighted by molar-refractivity contribution is -0.124. The smallest absolute Gasteiger partial charge is 0.393 e. The summed E-state index contributed by atoms with van der Waals surface area (Å²) >= 11 is 0. The van der Waals surface area contributed by atoms with Crippen LogP contribution in [0.2, 0.25) is 0 Å². The first-order valence-electron chi connectivity index (χ1n) is 19.9. The summed E-state index contributed by atoms with van der Waals surface area (Å²) < 4.78 is 21.9. The van der Waals surface area contributed by atoms with E-state index in [2.05, 4.69) is 19.2 Å². The molecule has 0 aliphatic carbocycles. The number of unbranched alkanes of at least 4 members (excludes halogenated alkanes) is 23. The van der Waals surface area contributed by atoms with Gasteiger partial charge in [-0.2, -0.15) is 0 Å². The highest BCUT2D eigenvalue weighted by Gasteiger charge is 2.27. The van der Waals surface area contributed by atoms with E-state index in [1.807, 2.05) is 6.08 Å². The first-order chi connectivity index (χ1) is 23.3. The van der Waals surface area contributed by atoms with Gasteiger partial charge >= 0.3 is 7.82 Å². The van der Waals surface area contributed by atoms with Crippen LogP contribution in [0.4, 0.5) is 0 Å². The Morgan fingerprint density at radius 2 is 1.15 bits per heavy atom. The number of phosphoric acid groups is 1. The summed E-state index contributed by atoms with van der Waals surface area (Å²) in [6.45, 7) is 3.92. The molecule has 4 atom stereocenters. The number of aliphatic hydroxyl groups excluding tert-OH is 2. The van der Waals surface area contributed by atoms with Crippen molar-refractivity contribution in [3.05, 3.63) is 12.2 Å². The van der Waals surface area contributed by atoms with Gasteiger partial charge in [0.05, 0.1) is 37.9 Å². The summed E-state index contributed by atoms with van der Waals surface area (Å²) in [5.74, 6) is -0.447. The van der Waals surface area contributed by atoms with Crippen LogP contribution in [0.15, 0.2) is 12.2 Å². The van der Waals surface area contributed by atoms with Gasteiger partial charge in [-0.1, -0.05) is 174 Å². The minimum absolute atomic E-state index is 0.0508. The van der Waals surface area contributed by atoms with Crippen molar-refractivity contribution in [2.45, 2.75) is 205 Å². The Morgan fingerprint density at radius 1 is 0.708 bits per heavy atom. The second kappa shape index (κ2) is 34.6. The number of carbonyl (C=O) groups excluding carboxylic acids is 1. The Morgan fingerprint density at radius 3 is 1.60 bits per heavy atom. The van der Waals surface area contributed by atoms with Gasteiger partial charge in [-0.05, 0) is 19.3 Å². The highest BCUT2D eigenvalue weighted by atomic mass is 31.2. The number of amides is 1. The largest absolute Gasteiger partial charge is 0.472 e. The van der Waals surface area contributed by atoms with Gasteiger partial charge in [0.2, 0.25) is 5.91 Å². The maximum absolute atomic E-state index is 12.7. The van der Waals surface area contributed by atoms with E-state index in [1.165, 1.54) is 122 Å². The number of nitrogens with two attached hydrogens (primary N) is 1. The maximum atomic E-state index is 12.7. The molecule has 0 aromatic heterocycles. The standard InChI is InChI=1S/C38H77N2O7P/c1-3-5-7-9-11-13-14-15-16-17-18-19-20-21-22-23-25-27-29-35(41)33-38(43)40-36(34-47-48(44,45)46-32-31-39)37(42)30-28-26-24-12-10-8-6-4-2/h28,30,35-37,41-42H,3-27,29,31-34,39H2,1-2H3,(H,40,43)(H,44,45)/b30-28+. The lowest BCUT2D eigenvalue weighted by atomic mass is 10.0. The monoisotopic (exact) mass is 705 g/mol. The van der Waals surface area contributed by atoms with Gasteiger partial charge < -0.3 is 26.2 Å². The summed E-state index contributed by atoms with van der Waals surface area (Å²) in [6, 6.07) is -0.974. The Labute approximate surface area is 295 Å². The molecule has 286 valence electrons. The molecule has 0 saturated carbocycles. The number of rotatable bonds is 37. The van der Waals surface area contributed by atoms with Crippen molar-refractivity contribution in [1.82, 2.24) is 5.32 Å². The van der Waals surface area contributed by atoms with Crippen molar-refractivity contribution in [2.75, 3.05) is 19.8 Å². The zero-order valence-electron chi connectivity index (χ0n) is 31.1. The SMILES string of the molecule is CCCCCCCC/C=C/C(O)C(COP(=O)(O)OCCN)NC(=O)CC(O)CCCCCCCCCCCCCCCCCCCC. The number of hydrogen-bond donors (Lipinski definition) is 5. The Bertz CT molecular complexity index is 786. The van der Waals surface area contributed by atoms with Crippen LogP contribution in [-0.2, 0) is 18.4 Å². The van der Waals surface area contributed by atoms with Gasteiger partial charge in [0.25, 0.3) is 0 Å². The van der Waals surface area contributed by atoms with Gasteiger partial charge in [0.15, 0.2) is 0 Å². The number of phosphoric ester groups is 1. The zero-order valence-corrected chi connectivity index (χ0v) is 32.0. The van der Waals surface area contributed by atoms with E-state index in [1.54, 1.807) is 6.08 Å². The third kappa shape index (κ3) is 32.4. The molecule has 9 nitrogen and oxygen atoms in total. The van der Waals surface area contributed by atoms with Crippen molar-refractivity contribution >= 4 is 13.7 Å². The summed E-state index contributed by atoms with van der Waals surface area (Å²) in [5, 5.41) is 23.9. The van der Waals surface area contributed by atoms with Crippen LogP contribution in [0.5, 0.6) is 0 Å². The first-order valence-corrected chi connectivity index (χ1v) is 21.4. The second-order valence-corrected chi connectivity index (χ2v) is 15.1. The molecule has 10 heteroatoms. The fraction of sp³-hybridized carbons (Fsp3) is 0.921. The van der Waals surface area contributed by atoms with Crippen molar-refractivity contribution in [3.63, 3.8) is 0 Å². The van der Waals surface area contributed by atoms with Gasteiger partial charge in [-0.3, -0.25) is 13.8 Å². The molecule has 0 aliphatic rings. The number of carbonyl (C=O) groups is 1. The highest BCUT2D eigenvalue weighted by Crippen LogP contribution is 2.43. The van der Waals surface area contributed by atoms with Gasteiger partial charge in [-0.25, -0.2) is 4.57 Å². The molecule has 0 saturated heterocycles. The topological polar surface area (TPSA) is 151 Å². The number of nitrogens with one attached hydrogen (secondary N) is 1. The van der Waals surface area contributed by atoms with Crippen LogP contribution < -0.4 is 11.1 Å². The third-order valence-corrected chi connectivity index (χ3v) is 9.90. The maximum Gasteiger partial charge on any atom is 0.472 e. The molecule has 6 N–H and O–H groups in total. The minimum atomic E-state index is -4.38. The summed E-state index contributed by atoms with van der Waals surface area (Å²) in [5.41, 5.74) is 5.33. The zero-order chi connectivity index (χ0) is 35.6. The summed E-state index contributed by atoms with van der Waals surface area (Å²) in [6.07, 6.45) is 33.1. The average Bonchev–Trinajstić information content (AvgIpc) is 3.06. The summed E-state index contributed by atoms with van der Waals surface area (Å²) in [4.78, 5) is 22.6. The van der Waals surface area contributed by atoms with Crippen LogP contribution in [0.3, 0.4) is 0 Å². The molecule has 0 fully saturated rings. The Hall–Kier alpha value is -0.800. The van der Waals surface area contributed by atoms with Crippen LogP contribution >= 0.6 is 7.82 Å². The average molecular weight is 705 g/mol. The molecular formula is C38H77N2O7P. The minimum Gasteiger partial charge on any atom is -0.393 e. The molecule has 0 aliphatic heterocycles. The van der Waals surface area contributed by atoms with E-state index in [0.717, 1.165) is 38.5 Å². The molecule has 0 aromatic carbocycles. The molecule has 0 heterocycles. The quantitative estimate of drug-likeness (QED) is 0.0244. The van der Waals surface area contributed by atoms with E-state index in [4.69, 9.17) is 14.8 Å². The van der Waals surface area contributed by atoms with Crippen molar-refractivity contribution < 1.29 is 33.5 Å². The highest BCUT2D eigenvalue weighted by molar-refractivity contribution is 7.47. The van der Waals surface area contributed by atoms with E-state index >= 15 is 0 Å². The van der Waals surface area contributed by atoms with E-state index in [-0.39, 0.29) is 19.6 Å². The normalized spacial score (nSPS) is 15.0. The molecule has 0 radical (unpaired) electrons. The molecule has 0 bridgehead atoms. The number of allylic oxidation sites excluding steroid dienone is 1. The molecule has 1 amide bonds. The predicted octanol–water partition coefficient (Wildman–Crippen LogP) is 9.41. The fourth-order valence-corrected chi connectivity index (χ4v) is 6.64. The second-order valence-electron chi connectivity index (χ2n) is 13.7. The molecule has 48 heavy (non-hydrogen) atoms. The van der Waals surface area contributed by atoms with E-state index in [9.17, 15) is 24.5 Å². The number of hydrogen-bond acceptors (Lipinski definition) is 7.